The fourth-order valence-corrected chi connectivity index (χ4v) is 4.67. The Morgan fingerprint density at radius 1 is 1.12 bits per heavy atom. The van der Waals surface area contributed by atoms with Crippen molar-refractivity contribution >= 4 is 34.3 Å². The fourth-order valence-electron chi connectivity index (χ4n) is 4.40. The number of aromatic carboxylic acids is 1. The van der Waals surface area contributed by atoms with Crippen LogP contribution in [0.15, 0.2) is 48.8 Å². The number of carboxylic acids is 1. The highest BCUT2D eigenvalue weighted by Gasteiger charge is 2.14. The molecule has 2 N–H and O–H groups in total. The third-order valence-electron chi connectivity index (χ3n) is 5.97. The Hall–Kier alpha value is -3.38. The fraction of sp³-hybridized carbons (Fsp3) is 0.296. The highest BCUT2D eigenvalue weighted by molar-refractivity contribution is 6.31. The maximum Gasteiger partial charge on any atom is 0.335 e. The van der Waals surface area contributed by atoms with Crippen LogP contribution in [0.2, 0.25) is 5.02 Å². The van der Waals surface area contributed by atoms with Crippen LogP contribution < -0.4 is 5.32 Å². The standard InChI is InChI=1S/C27H29ClN4O2/c1-16(2)9-20-12-19(5-6-22(20)27(33)34)24-14-26(31-15-30-24)29-7-8-32-18(4)11-23-17(3)10-21(28)13-25(23)32/h5-6,10-16H,7-9H2,1-4H3,(H,33,34)(H,29,30,31). The Labute approximate surface area is 204 Å². The van der Waals surface area contributed by atoms with Crippen LogP contribution >= 0.6 is 11.6 Å². The van der Waals surface area contributed by atoms with E-state index in [1.807, 2.05) is 24.3 Å². The van der Waals surface area contributed by atoms with Gasteiger partial charge in [0.15, 0.2) is 0 Å². The Balaban J connectivity index is 1.53. The van der Waals surface area contributed by atoms with E-state index < -0.39 is 5.97 Å². The lowest BCUT2D eigenvalue weighted by atomic mass is 9.95. The van der Waals surface area contributed by atoms with Crippen molar-refractivity contribution in [3.8, 4) is 11.3 Å². The second-order valence-electron chi connectivity index (χ2n) is 9.08. The van der Waals surface area contributed by atoms with E-state index in [0.29, 0.717) is 24.4 Å². The lowest BCUT2D eigenvalue weighted by molar-refractivity contribution is 0.0695. The topological polar surface area (TPSA) is 80.0 Å². The molecule has 0 amide bonds. The number of hydrogen-bond donors (Lipinski definition) is 2. The van der Waals surface area contributed by atoms with Gasteiger partial charge in [-0.15, -0.1) is 0 Å². The molecule has 0 fully saturated rings. The molecule has 0 aliphatic carbocycles. The molecule has 4 rings (SSSR count). The summed E-state index contributed by atoms with van der Waals surface area (Å²) in [5, 5.41) is 14.9. The number of hydrogen-bond acceptors (Lipinski definition) is 4. The first-order chi connectivity index (χ1) is 16.2. The van der Waals surface area contributed by atoms with Crippen LogP contribution in [-0.4, -0.2) is 32.2 Å². The minimum atomic E-state index is -0.906. The van der Waals surface area contributed by atoms with Gasteiger partial charge in [0.05, 0.1) is 16.8 Å². The molecule has 6 nitrogen and oxygen atoms in total. The maximum absolute atomic E-state index is 11.6. The molecule has 0 unspecified atom stereocenters. The van der Waals surface area contributed by atoms with Crippen molar-refractivity contribution in [2.75, 3.05) is 11.9 Å². The Bertz CT molecular complexity index is 1360. The van der Waals surface area contributed by atoms with Gasteiger partial charge >= 0.3 is 5.97 Å². The van der Waals surface area contributed by atoms with Crippen LogP contribution in [0.1, 0.15) is 41.0 Å². The normalized spacial score (nSPS) is 11.4. The second kappa shape index (κ2) is 9.85. The van der Waals surface area contributed by atoms with Crippen LogP contribution in [0.4, 0.5) is 5.82 Å². The molecular formula is C27H29ClN4O2. The van der Waals surface area contributed by atoms with Crippen molar-refractivity contribution in [1.82, 2.24) is 14.5 Å². The molecule has 0 radical (unpaired) electrons. The summed E-state index contributed by atoms with van der Waals surface area (Å²) in [6, 6.07) is 13.5. The largest absolute Gasteiger partial charge is 0.478 e. The molecule has 0 spiro atoms. The third kappa shape index (κ3) is 5.07. The van der Waals surface area contributed by atoms with Gasteiger partial charge in [-0.3, -0.25) is 0 Å². The lowest BCUT2D eigenvalue weighted by Gasteiger charge is -2.13. The quantitative estimate of drug-likeness (QED) is 0.308. The Morgan fingerprint density at radius 3 is 2.65 bits per heavy atom. The zero-order chi connectivity index (χ0) is 24.4. The summed E-state index contributed by atoms with van der Waals surface area (Å²) < 4.78 is 2.26. The third-order valence-corrected chi connectivity index (χ3v) is 6.19. The second-order valence-corrected chi connectivity index (χ2v) is 9.52. The number of nitrogens with zero attached hydrogens (tertiary/aromatic N) is 3. The summed E-state index contributed by atoms with van der Waals surface area (Å²) in [6.07, 6.45) is 2.23. The zero-order valence-corrected chi connectivity index (χ0v) is 20.6. The minimum Gasteiger partial charge on any atom is -0.478 e. The van der Waals surface area contributed by atoms with Crippen LogP contribution in [-0.2, 0) is 13.0 Å². The first kappa shape index (κ1) is 23.8. The highest BCUT2D eigenvalue weighted by Crippen LogP contribution is 2.27. The summed E-state index contributed by atoms with van der Waals surface area (Å²) in [5.41, 5.74) is 6.27. The zero-order valence-electron chi connectivity index (χ0n) is 19.9. The lowest BCUT2D eigenvalue weighted by Crippen LogP contribution is -2.12. The van der Waals surface area contributed by atoms with Gasteiger partial charge in [-0.2, -0.15) is 0 Å². The summed E-state index contributed by atoms with van der Waals surface area (Å²) in [5.74, 6) is 0.167. The number of carbonyl (C=O) groups is 1. The average Bonchev–Trinajstić information content (AvgIpc) is 3.09. The molecule has 0 aliphatic heterocycles. The number of aromatic nitrogens is 3. The van der Waals surface area contributed by atoms with E-state index in [-0.39, 0.29) is 0 Å². The number of aryl methyl sites for hydroxylation is 2. The van der Waals surface area contributed by atoms with Crippen LogP contribution in [0.25, 0.3) is 22.2 Å². The van der Waals surface area contributed by atoms with Gasteiger partial charge in [-0.1, -0.05) is 31.5 Å². The molecule has 0 saturated heterocycles. The van der Waals surface area contributed by atoms with E-state index in [1.54, 1.807) is 12.1 Å². The number of rotatable bonds is 8. The molecule has 2 heterocycles. The van der Waals surface area contributed by atoms with E-state index in [1.165, 1.54) is 23.0 Å². The van der Waals surface area contributed by atoms with Crippen molar-refractivity contribution in [2.45, 2.75) is 40.7 Å². The van der Waals surface area contributed by atoms with Gasteiger partial charge < -0.3 is 15.0 Å². The predicted molar refractivity (Wildman–Crippen MR) is 138 cm³/mol. The molecule has 0 aliphatic rings. The van der Waals surface area contributed by atoms with Crippen molar-refractivity contribution in [2.24, 2.45) is 5.92 Å². The Morgan fingerprint density at radius 2 is 1.91 bits per heavy atom. The minimum absolute atomic E-state index is 0.342. The molecule has 34 heavy (non-hydrogen) atoms. The number of halogens is 1. The van der Waals surface area contributed by atoms with Gasteiger partial charge in [-0.05, 0) is 67.6 Å². The van der Waals surface area contributed by atoms with E-state index in [4.69, 9.17) is 11.6 Å². The van der Waals surface area contributed by atoms with Crippen molar-refractivity contribution in [3.05, 3.63) is 76.2 Å². The van der Waals surface area contributed by atoms with Gasteiger partial charge in [0.1, 0.15) is 12.1 Å². The van der Waals surface area contributed by atoms with Crippen molar-refractivity contribution in [3.63, 3.8) is 0 Å². The number of fused-ring (bicyclic) bond motifs is 1. The number of anilines is 1. The molecule has 0 saturated carbocycles. The van der Waals surface area contributed by atoms with E-state index in [0.717, 1.165) is 39.7 Å². The highest BCUT2D eigenvalue weighted by atomic mass is 35.5. The molecule has 0 bridgehead atoms. The monoisotopic (exact) mass is 476 g/mol. The average molecular weight is 477 g/mol. The number of benzene rings is 2. The first-order valence-corrected chi connectivity index (χ1v) is 11.8. The van der Waals surface area contributed by atoms with E-state index in [2.05, 4.69) is 53.6 Å². The first-order valence-electron chi connectivity index (χ1n) is 11.4. The summed E-state index contributed by atoms with van der Waals surface area (Å²) in [7, 11) is 0. The van der Waals surface area contributed by atoms with Crippen molar-refractivity contribution < 1.29 is 9.90 Å². The molecule has 2 aromatic carbocycles. The number of nitrogens with one attached hydrogen (secondary N) is 1. The van der Waals surface area contributed by atoms with E-state index >= 15 is 0 Å². The Kier molecular flexibility index (Phi) is 6.89. The predicted octanol–water partition coefficient (Wildman–Crippen LogP) is 6.38. The number of carboxylic acid groups (broad SMARTS) is 1. The van der Waals surface area contributed by atoms with Gasteiger partial charge in [0.2, 0.25) is 0 Å². The van der Waals surface area contributed by atoms with Crippen LogP contribution in [0.5, 0.6) is 0 Å². The summed E-state index contributed by atoms with van der Waals surface area (Å²) in [4.78, 5) is 20.4. The molecular weight excluding hydrogens is 448 g/mol. The smallest absolute Gasteiger partial charge is 0.335 e. The molecule has 0 atom stereocenters. The van der Waals surface area contributed by atoms with E-state index in [9.17, 15) is 9.90 Å². The van der Waals surface area contributed by atoms with Gasteiger partial charge in [-0.25, -0.2) is 14.8 Å². The van der Waals surface area contributed by atoms with Gasteiger partial charge in [0.25, 0.3) is 0 Å². The molecule has 7 heteroatoms. The van der Waals surface area contributed by atoms with Crippen molar-refractivity contribution in [1.29, 1.82) is 0 Å². The maximum atomic E-state index is 11.6. The molecule has 176 valence electrons. The van der Waals surface area contributed by atoms with Crippen LogP contribution in [0, 0.1) is 19.8 Å². The SMILES string of the molecule is Cc1cc(Cl)cc2c1cc(C)n2CCNc1cc(-c2ccc(C(=O)O)c(CC(C)C)c2)ncn1. The summed E-state index contributed by atoms with van der Waals surface area (Å²) >= 11 is 6.30. The molecule has 2 aromatic heterocycles. The van der Waals surface area contributed by atoms with Crippen LogP contribution in [0.3, 0.4) is 0 Å². The van der Waals surface area contributed by atoms with Gasteiger partial charge in [0, 0.05) is 40.8 Å². The summed E-state index contributed by atoms with van der Waals surface area (Å²) in [6.45, 7) is 9.79. The molecule has 4 aromatic rings.